The third kappa shape index (κ3) is 2.25. The lowest BCUT2D eigenvalue weighted by molar-refractivity contribution is -0.151. The highest BCUT2D eigenvalue weighted by Gasteiger charge is 2.32. The maximum Gasteiger partial charge on any atom is 0.309 e. The lowest BCUT2D eigenvalue weighted by Crippen LogP contribution is -2.28. The van der Waals surface area contributed by atoms with E-state index < -0.39 is 11.9 Å². The zero-order valence-electron chi connectivity index (χ0n) is 9.35. The molecule has 1 aliphatic heterocycles. The Hall–Kier alpha value is -1.35. The minimum Gasteiger partial charge on any atom is -0.481 e. The molecule has 2 unspecified atom stereocenters. The molecule has 1 N–H and O–H groups in total. The molecule has 3 nitrogen and oxygen atoms in total. The standard InChI is InChI=1S/C13H16O3/c1-9-4-2-5-10(8-9)12-11(13(14)15)6-3-7-16-12/h2,4-5,8,11-12H,3,6-7H2,1H3,(H,14,15). The van der Waals surface area contributed by atoms with Gasteiger partial charge in [-0.25, -0.2) is 0 Å². The minimum atomic E-state index is -0.758. The van der Waals surface area contributed by atoms with E-state index in [1.54, 1.807) is 0 Å². The van der Waals surface area contributed by atoms with Gasteiger partial charge in [0, 0.05) is 6.61 Å². The molecule has 0 aromatic heterocycles. The van der Waals surface area contributed by atoms with Gasteiger partial charge in [0.15, 0.2) is 0 Å². The summed E-state index contributed by atoms with van der Waals surface area (Å²) in [5.41, 5.74) is 2.11. The molecule has 1 saturated heterocycles. The highest BCUT2D eigenvalue weighted by atomic mass is 16.5. The Morgan fingerprint density at radius 1 is 1.50 bits per heavy atom. The molecule has 1 aliphatic rings. The first kappa shape index (κ1) is 11.1. The lowest BCUT2D eigenvalue weighted by atomic mass is 9.89. The van der Waals surface area contributed by atoms with Crippen LogP contribution in [0, 0.1) is 12.8 Å². The van der Waals surface area contributed by atoms with Gasteiger partial charge >= 0.3 is 5.97 Å². The van der Waals surface area contributed by atoms with Crippen LogP contribution in [0.5, 0.6) is 0 Å². The summed E-state index contributed by atoms with van der Waals surface area (Å²) in [4.78, 5) is 11.1. The van der Waals surface area contributed by atoms with Crippen molar-refractivity contribution in [3.05, 3.63) is 35.4 Å². The van der Waals surface area contributed by atoms with Crippen molar-refractivity contribution in [3.8, 4) is 0 Å². The van der Waals surface area contributed by atoms with Crippen LogP contribution in [0.4, 0.5) is 0 Å². The number of aryl methyl sites for hydroxylation is 1. The Balaban J connectivity index is 2.26. The van der Waals surface area contributed by atoms with Gasteiger partial charge in [-0.15, -0.1) is 0 Å². The molecule has 2 rings (SSSR count). The second kappa shape index (κ2) is 4.66. The van der Waals surface area contributed by atoms with Crippen LogP contribution < -0.4 is 0 Å². The second-order valence-corrected chi connectivity index (χ2v) is 4.29. The van der Waals surface area contributed by atoms with Gasteiger partial charge in [0.1, 0.15) is 0 Å². The second-order valence-electron chi connectivity index (χ2n) is 4.29. The quantitative estimate of drug-likeness (QED) is 0.833. The zero-order chi connectivity index (χ0) is 11.5. The summed E-state index contributed by atoms with van der Waals surface area (Å²) in [5.74, 6) is -1.17. The molecule has 1 fully saturated rings. The van der Waals surface area contributed by atoms with Crippen LogP contribution >= 0.6 is 0 Å². The highest BCUT2D eigenvalue weighted by molar-refractivity contribution is 5.71. The van der Waals surface area contributed by atoms with E-state index in [-0.39, 0.29) is 6.10 Å². The molecule has 86 valence electrons. The molecule has 1 aromatic carbocycles. The van der Waals surface area contributed by atoms with Crippen molar-refractivity contribution in [3.63, 3.8) is 0 Å². The molecule has 0 amide bonds. The third-order valence-electron chi connectivity index (χ3n) is 3.01. The van der Waals surface area contributed by atoms with Crippen molar-refractivity contribution in [2.45, 2.75) is 25.9 Å². The SMILES string of the molecule is Cc1cccc(C2OCCCC2C(=O)O)c1. The van der Waals surface area contributed by atoms with Crippen LogP contribution in [0.25, 0.3) is 0 Å². The number of benzene rings is 1. The summed E-state index contributed by atoms with van der Waals surface area (Å²) in [7, 11) is 0. The molecular formula is C13H16O3. The Labute approximate surface area is 95.0 Å². The normalized spacial score (nSPS) is 25.3. The van der Waals surface area contributed by atoms with Crippen molar-refractivity contribution in [1.82, 2.24) is 0 Å². The molecule has 1 heterocycles. The first-order chi connectivity index (χ1) is 7.68. The van der Waals surface area contributed by atoms with Gasteiger partial charge in [0.05, 0.1) is 12.0 Å². The van der Waals surface area contributed by atoms with E-state index in [1.165, 1.54) is 0 Å². The largest absolute Gasteiger partial charge is 0.481 e. The summed E-state index contributed by atoms with van der Waals surface area (Å²) >= 11 is 0. The van der Waals surface area contributed by atoms with Gasteiger partial charge in [0.25, 0.3) is 0 Å². The van der Waals surface area contributed by atoms with Crippen molar-refractivity contribution < 1.29 is 14.6 Å². The number of ether oxygens (including phenoxy) is 1. The number of carboxylic acids is 1. The Kier molecular flexibility index (Phi) is 3.25. The van der Waals surface area contributed by atoms with Crippen LogP contribution in [0.1, 0.15) is 30.1 Å². The topological polar surface area (TPSA) is 46.5 Å². The van der Waals surface area contributed by atoms with Gasteiger partial charge < -0.3 is 9.84 Å². The smallest absolute Gasteiger partial charge is 0.309 e. The van der Waals surface area contributed by atoms with Crippen LogP contribution in [0.3, 0.4) is 0 Å². The lowest BCUT2D eigenvalue weighted by Gasteiger charge is -2.29. The van der Waals surface area contributed by atoms with Crippen LogP contribution in [-0.4, -0.2) is 17.7 Å². The maximum absolute atomic E-state index is 11.1. The zero-order valence-corrected chi connectivity index (χ0v) is 9.35. The summed E-state index contributed by atoms with van der Waals surface area (Å²) in [5, 5.41) is 9.16. The Morgan fingerprint density at radius 2 is 2.31 bits per heavy atom. The minimum absolute atomic E-state index is 0.286. The molecule has 0 aliphatic carbocycles. The predicted molar refractivity (Wildman–Crippen MR) is 60.2 cm³/mol. The molecule has 2 atom stereocenters. The van der Waals surface area contributed by atoms with Gasteiger partial charge in [0.2, 0.25) is 0 Å². The van der Waals surface area contributed by atoms with Crippen molar-refractivity contribution in [1.29, 1.82) is 0 Å². The van der Waals surface area contributed by atoms with Gasteiger partial charge in [-0.1, -0.05) is 29.8 Å². The Bertz CT molecular complexity index is 387. The number of aliphatic carboxylic acids is 1. The van der Waals surface area contributed by atoms with Crippen molar-refractivity contribution in [2.24, 2.45) is 5.92 Å². The third-order valence-corrected chi connectivity index (χ3v) is 3.01. The maximum atomic E-state index is 11.1. The highest BCUT2D eigenvalue weighted by Crippen LogP contribution is 2.33. The molecular weight excluding hydrogens is 204 g/mol. The van der Waals surface area contributed by atoms with E-state index in [1.807, 2.05) is 31.2 Å². The fourth-order valence-corrected chi connectivity index (χ4v) is 2.21. The van der Waals surface area contributed by atoms with E-state index in [9.17, 15) is 4.79 Å². The number of carboxylic acid groups (broad SMARTS) is 1. The predicted octanol–water partition coefficient (Wildman–Crippen LogP) is 2.55. The molecule has 0 saturated carbocycles. The number of hydrogen-bond donors (Lipinski definition) is 1. The van der Waals surface area contributed by atoms with Crippen LogP contribution in [0.2, 0.25) is 0 Å². The number of rotatable bonds is 2. The van der Waals surface area contributed by atoms with Gasteiger partial charge in [-0.3, -0.25) is 4.79 Å². The van der Waals surface area contributed by atoms with Gasteiger partial charge in [-0.05, 0) is 25.3 Å². The first-order valence-electron chi connectivity index (χ1n) is 5.59. The monoisotopic (exact) mass is 220 g/mol. The average molecular weight is 220 g/mol. The Morgan fingerprint density at radius 3 is 3.00 bits per heavy atom. The molecule has 3 heteroatoms. The fourth-order valence-electron chi connectivity index (χ4n) is 2.21. The summed E-state index contributed by atoms with van der Waals surface area (Å²) < 4.78 is 5.61. The molecule has 16 heavy (non-hydrogen) atoms. The van der Waals surface area contributed by atoms with Crippen molar-refractivity contribution >= 4 is 5.97 Å². The van der Waals surface area contributed by atoms with Gasteiger partial charge in [-0.2, -0.15) is 0 Å². The number of hydrogen-bond acceptors (Lipinski definition) is 2. The van der Waals surface area contributed by atoms with Crippen LogP contribution in [0.15, 0.2) is 24.3 Å². The summed E-state index contributed by atoms with van der Waals surface area (Å²) in [6.45, 7) is 2.66. The number of carbonyl (C=O) groups is 1. The molecule has 0 bridgehead atoms. The molecule has 0 radical (unpaired) electrons. The van der Waals surface area contributed by atoms with E-state index >= 15 is 0 Å². The summed E-state index contributed by atoms with van der Waals surface area (Å²) in [6.07, 6.45) is 1.25. The average Bonchev–Trinajstić information content (AvgIpc) is 2.29. The van der Waals surface area contributed by atoms with E-state index in [0.717, 1.165) is 17.5 Å². The van der Waals surface area contributed by atoms with E-state index in [2.05, 4.69) is 0 Å². The van der Waals surface area contributed by atoms with E-state index in [4.69, 9.17) is 9.84 Å². The summed E-state index contributed by atoms with van der Waals surface area (Å²) in [6, 6.07) is 7.90. The molecule has 0 spiro atoms. The fraction of sp³-hybridized carbons (Fsp3) is 0.462. The van der Waals surface area contributed by atoms with E-state index in [0.29, 0.717) is 13.0 Å². The van der Waals surface area contributed by atoms with Crippen LogP contribution in [-0.2, 0) is 9.53 Å². The molecule has 1 aromatic rings. The first-order valence-corrected chi connectivity index (χ1v) is 5.59. The van der Waals surface area contributed by atoms with Crippen molar-refractivity contribution in [2.75, 3.05) is 6.61 Å².